The highest BCUT2D eigenvalue weighted by atomic mass is 35.5. The molecule has 1 atom stereocenters. The Bertz CT molecular complexity index is 493. The van der Waals surface area contributed by atoms with Gasteiger partial charge in [-0.15, -0.1) is 18.3 Å². The highest BCUT2D eigenvalue weighted by molar-refractivity contribution is 7.99. The summed E-state index contributed by atoms with van der Waals surface area (Å²) in [5.74, 6) is -0.813. The first-order chi connectivity index (χ1) is 9.54. The number of aliphatic carboxylic acids is 1. The number of carbonyl (C=O) groups is 2. The fourth-order valence-corrected chi connectivity index (χ4v) is 2.66. The van der Waals surface area contributed by atoms with Gasteiger partial charge in [0.2, 0.25) is 5.91 Å². The van der Waals surface area contributed by atoms with E-state index in [4.69, 9.17) is 16.7 Å². The second-order valence-electron chi connectivity index (χ2n) is 4.01. The summed E-state index contributed by atoms with van der Waals surface area (Å²) >= 11 is 7.46. The van der Waals surface area contributed by atoms with Crippen LogP contribution in [0.1, 0.15) is 12.8 Å². The first kappa shape index (κ1) is 16.6. The van der Waals surface area contributed by atoms with Crippen molar-refractivity contribution in [1.82, 2.24) is 5.32 Å². The molecule has 0 bridgehead atoms. The fraction of sp³-hybridized carbons (Fsp3) is 0.286. The predicted molar refractivity (Wildman–Crippen MR) is 81.2 cm³/mol. The zero-order chi connectivity index (χ0) is 15.0. The molecule has 108 valence electrons. The maximum atomic E-state index is 11.7. The highest BCUT2D eigenvalue weighted by Crippen LogP contribution is 2.26. The lowest BCUT2D eigenvalue weighted by Crippen LogP contribution is -2.40. The molecule has 0 radical (unpaired) electrons. The molecule has 0 aliphatic heterocycles. The molecule has 0 fully saturated rings. The predicted octanol–water partition coefficient (Wildman–Crippen LogP) is 2.97. The number of halogens is 1. The van der Waals surface area contributed by atoms with Crippen LogP contribution in [0.25, 0.3) is 0 Å². The summed E-state index contributed by atoms with van der Waals surface area (Å²) in [7, 11) is 0. The minimum atomic E-state index is -1.06. The van der Waals surface area contributed by atoms with Gasteiger partial charge in [-0.05, 0) is 18.6 Å². The van der Waals surface area contributed by atoms with Gasteiger partial charge in [-0.2, -0.15) is 0 Å². The van der Waals surface area contributed by atoms with Crippen LogP contribution in [0.15, 0.2) is 41.8 Å². The zero-order valence-corrected chi connectivity index (χ0v) is 12.4. The van der Waals surface area contributed by atoms with Crippen molar-refractivity contribution < 1.29 is 14.7 Å². The van der Waals surface area contributed by atoms with Crippen LogP contribution in [0.4, 0.5) is 0 Å². The molecule has 1 aromatic carbocycles. The van der Waals surface area contributed by atoms with E-state index in [-0.39, 0.29) is 18.7 Å². The van der Waals surface area contributed by atoms with E-state index in [2.05, 4.69) is 11.9 Å². The van der Waals surface area contributed by atoms with Crippen LogP contribution in [0.2, 0.25) is 5.02 Å². The molecule has 0 aliphatic rings. The number of carbonyl (C=O) groups excluding carboxylic acids is 1. The lowest BCUT2D eigenvalue weighted by molar-refractivity contribution is -0.141. The largest absolute Gasteiger partial charge is 0.480 e. The Morgan fingerprint density at radius 2 is 2.15 bits per heavy atom. The SMILES string of the molecule is C=CCC(NC(=O)CCSc1ccccc1Cl)C(=O)O. The number of carboxylic acid groups (broad SMARTS) is 1. The molecule has 1 aromatic rings. The molecule has 2 N–H and O–H groups in total. The second-order valence-corrected chi connectivity index (χ2v) is 5.56. The highest BCUT2D eigenvalue weighted by Gasteiger charge is 2.17. The number of nitrogens with one attached hydrogen (secondary N) is 1. The maximum Gasteiger partial charge on any atom is 0.326 e. The Morgan fingerprint density at radius 3 is 2.75 bits per heavy atom. The molecular formula is C14H16ClNO3S. The van der Waals surface area contributed by atoms with E-state index in [9.17, 15) is 9.59 Å². The summed E-state index contributed by atoms with van der Waals surface area (Å²) in [6.07, 6.45) is 1.91. The Balaban J connectivity index is 2.38. The van der Waals surface area contributed by atoms with Crippen molar-refractivity contribution in [3.63, 3.8) is 0 Å². The summed E-state index contributed by atoms with van der Waals surface area (Å²) < 4.78 is 0. The van der Waals surface area contributed by atoms with Crippen LogP contribution in [0.3, 0.4) is 0 Å². The third-order valence-corrected chi connectivity index (χ3v) is 3.98. The fourth-order valence-electron chi connectivity index (χ4n) is 1.47. The van der Waals surface area contributed by atoms with Gasteiger partial charge in [0.05, 0.1) is 5.02 Å². The van der Waals surface area contributed by atoms with Crippen LogP contribution in [0, 0.1) is 0 Å². The second kappa shape index (κ2) is 8.66. The normalized spacial score (nSPS) is 11.7. The van der Waals surface area contributed by atoms with Gasteiger partial charge < -0.3 is 10.4 Å². The summed E-state index contributed by atoms with van der Waals surface area (Å²) in [4.78, 5) is 23.4. The van der Waals surface area contributed by atoms with E-state index in [1.807, 2.05) is 18.2 Å². The molecule has 1 unspecified atom stereocenters. The topological polar surface area (TPSA) is 66.4 Å². The number of rotatable bonds is 8. The van der Waals surface area contributed by atoms with Gasteiger partial charge >= 0.3 is 5.97 Å². The smallest absolute Gasteiger partial charge is 0.326 e. The molecule has 0 saturated carbocycles. The number of carboxylic acids is 1. The standard InChI is InChI=1S/C14H16ClNO3S/c1-2-5-11(14(18)19)16-13(17)8-9-20-12-7-4-3-6-10(12)15/h2-4,6-7,11H,1,5,8-9H2,(H,16,17)(H,18,19). The lowest BCUT2D eigenvalue weighted by Gasteiger charge is -2.12. The zero-order valence-electron chi connectivity index (χ0n) is 10.8. The number of amides is 1. The Hall–Kier alpha value is -1.46. The van der Waals surface area contributed by atoms with Gasteiger partial charge in [0, 0.05) is 17.1 Å². The minimum Gasteiger partial charge on any atom is -0.480 e. The van der Waals surface area contributed by atoms with E-state index in [0.717, 1.165) is 4.90 Å². The molecule has 1 amide bonds. The van der Waals surface area contributed by atoms with Crippen molar-refractivity contribution in [2.45, 2.75) is 23.8 Å². The minimum absolute atomic E-state index is 0.207. The Morgan fingerprint density at radius 1 is 1.45 bits per heavy atom. The number of thioether (sulfide) groups is 1. The van der Waals surface area contributed by atoms with Crippen LogP contribution in [-0.4, -0.2) is 28.8 Å². The molecule has 20 heavy (non-hydrogen) atoms. The van der Waals surface area contributed by atoms with Gasteiger partial charge in [-0.3, -0.25) is 4.79 Å². The molecule has 6 heteroatoms. The monoisotopic (exact) mass is 313 g/mol. The molecule has 0 heterocycles. The quantitative estimate of drug-likeness (QED) is 0.572. The summed E-state index contributed by atoms with van der Waals surface area (Å²) in [5, 5.41) is 12.0. The van der Waals surface area contributed by atoms with Crippen LogP contribution in [0.5, 0.6) is 0 Å². The molecule has 0 aliphatic carbocycles. The molecule has 1 rings (SSSR count). The van der Waals surface area contributed by atoms with Gasteiger partial charge in [0.15, 0.2) is 0 Å². The molecule has 0 saturated heterocycles. The molecular weight excluding hydrogens is 298 g/mol. The van der Waals surface area contributed by atoms with Crippen molar-refractivity contribution in [3.05, 3.63) is 41.9 Å². The van der Waals surface area contributed by atoms with Crippen LogP contribution in [-0.2, 0) is 9.59 Å². The van der Waals surface area contributed by atoms with Crippen LogP contribution < -0.4 is 5.32 Å². The average molecular weight is 314 g/mol. The van der Waals surface area contributed by atoms with Crippen molar-refractivity contribution in [2.75, 3.05) is 5.75 Å². The van der Waals surface area contributed by atoms with Crippen molar-refractivity contribution in [2.24, 2.45) is 0 Å². The average Bonchev–Trinajstić information content (AvgIpc) is 2.40. The molecule has 0 aromatic heterocycles. The molecule has 0 spiro atoms. The van der Waals surface area contributed by atoms with E-state index in [1.165, 1.54) is 17.8 Å². The van der Waals surface area contributed by atoms with E-state index >= 15 is 0 Å². The number of hydrogen-bond donors (Lipinski definition) is 2. The Kier molecular flexibility index (Phi) is 7.18. The van der Waals surface area contributed by atoms with Crippen molar-refractivity contribution in [3.8, 4) is 0 Å². The third kappa shape index (κ3) is 5.67. The van der Waals surface area contributed by atoms with Crippen molar-refractivity contribution in [1.29, 1.82) is 0 Å². The van der Waals surface area contributed by atoms with Gasteiger partial charge in [-0.25, -0.2) is 4.79 Å². The van der Waals surface area contributed by atoms with Crippen LogP contribution >= 0.6 is 23.4 Å². The van der Waals surface area contributed by atoms with Gasteiger partial charge in [0.25, 0.3) is 0 Å². The van der Waals surface area contributed by atoms with Gasteiger partial charge in [-0.1, -0.05) is 29.8 Å². The summed E-state index contributed by atoms with van der Waals surface area (Å²) in [6.45, 7) is 3.47. The number of hydrogen-bond acceptors (Lipinski definition) is 3. The van der Waals surface area contributed by atoms with E-state index in [0.29, 0.717) is 10.8 Å². The van der Waals surface area contributed by atoms with E-state index in [1.54, 1.807) is 6.07 Å². The first-order valence-corrected chi connectivity index (χ1v) is 7.41. The third-order valence-electron chi connectivity index (χ3n) is 2.46. The maximum absolute atomic E-state index is 11.7. The first-order valence-electron chi connectivity index (χ1n) is 6.05. The number of benzene rings is 1. The molecule has 4 nitrogen and oxygen atoms in total. The van der Waals surface area contributed by atoms with Gasteiger partial charge in [0.1, 0.15) is 6.04 Å². The summed E-state index contributed by atoms with van der Waals surface area (Å²) in [5.41, 5.74) is 0. The summed E-state index contributed by atoms with van der Waals surface area (Å²) in [6, 6.07) is 6.47. The van der Waals surface area contributed by atoms with E-state index < -0.39 is 12.0 Å². The van der Waals surface area contributed by atoms with Crippen molar-refractivity contribution >= 4 is 35.2 Å². The lowest BCUT2D eigenvalue weighted by atomic mass is 10.2. The Labute approximate surface area is 127 Å².